The van der Waals surface area contributed by atoms with E-state index >= 15 is 0 Å². The first-order chi connectivity index (χ1) is 9.19. The van der Waals surface area contributed by atoms with Crippen LogP contribution in [0.25, 0.3) is 0 Å². The van der Waals surface area contributed by atoms with Crippen molar-refractivity contribution in [2.45, 2.75) is 13.0 Å². The van der Waals surface area contributed by atoms with Gasteiger partial charge in [0.1, 0.15) is 12.4 Å². The third-order valence-corrected chi connectivity index (χ3v) is 3.59. The van der Waals surface area contributed by atoms with Crippen LogP contribution in [0.3, 0.4) is 0 Å². The van der Waals surface area contributed by atoms with Gasteiger partial charge in [-0.05, 0) is 42.8 Å². The molecule has 2 aromatic carbocycles. The smallest absolute Gasteiger partial charge is 0.120 e. The second kappa shape index (κ2) is 6.94. The Morgan fingerprint density at radius 3 is 2.74 bits per heavy atom. The Labute approximate surface area is 126 Å². The van der Waals surface area contributed by atoms with Crippen LogP contribution in [0.5, 0.6) is 5.75 Å². The van der Waals surface area contributed by atoms with Crippen molar-refractivity contribution in [2.24, 2.45) is 5.73 Å². The van der Waals surface area contributed by atoms with E-state index in [2.05, 4.69) is 15.9 Å². The fourth-order valence-electron chi connectivity index (χ4n) is 1.76. The van der Waals surface area contributed by atoms with Gasteiger partial charge in [-0.1, -0.05) is 45.7 Å². The van der Waals surface area contributed by atoms with Crippen LogP contribution in [0, 0.1) is 0 Å². The Kier molecular flexibility index (Phi) is 5.25. The maximum atomic E-state index is 6.15. The minimum absolute atomic E-state index is 0.457. The maximum Gasteiger partial charge on any atom is 0.120 e. The van der Waals surface area contributed by atoms with Gasteiger partial charge in [0.25, 0.3) is 0 Å². The van der Waals surface area contributed by atoms with Gasteiger partial charge in [-0.15, -0.1) is 0 Å². The van der Waals surface area contributed by atoms with Crippen molar-refractivity contribution in [3.05, 3.63) is 63.1 Å². The van der Waals surface area contributed by atoms with Crippen LogP contribution in [0.2, 0.25) is 5.02 Å². The molecule has 100 valence electrons. The van der Waals surface area contributed by atoms with Gasteiger partial charge in [-0.25, -0.2) is 0 Å². The number of ether oxygens (including phenoxy) is 1. The highest BCUT2D eigenvalue weighted by molar-refractivity contribution is 9.10. The van der Waals surface area contributed by atoms with Gasteiger partial charge in [-0.3, -0.25) is 0 Å². The first-order valence-corrected chi connectivity index (χ1v) is 7.22. The first-order valence-electron chi connectivity index (χ1n) is 6.05. The molecule has 0 atom stereocenters. The van der Waals surface area contributed by atoms with E-state index in [4.69, 9.17) is 22.1 Å². The summed E-state index contributed by atoms with van der Waals surface area (Å²) >= 11 is 9.53. The highest BCUT2D eigenvalue weighted by atomic mass is 79.9. The molecule has 0 saturated carbocycles. The highest BCUT2D eigenvalue weighted by Crippen LogP contribution is 2.23. The van der Waals surface area contributed by atoms with Crippen molar-refractivity contribution in [3.63, 3.8) is 0 Å². The van der Waals surface area contributed by atoms with Gasteiger partial charge < -0.3 is 10.5 Å². The molecule has 0 aliphatic carbocycles. The zero-order valence-corrected chi connectivity index (χ0v) is 12.7. The van der Waals surface area contributed by atoms with Crippen LogP contribution in [0.4, 0.5) is 0 Å². The van der Waals surface area contributed by atoms with Crippen molar-refractivity contribution < 1.29 is 4.74 Å². The Bertz CT molecular complexity index is 560. The molecule has 2 nitrogen and oxygen atoms in total. The van der Waals surface area contributed by atoms with E-state index in [1.54, 1.807) is 0 Å². The predicted molar refractivity (Wildman–Crippen MR) is 82.7 cm³/mol. The van der Waals surface area contributed by atoms with Crippen LogP contribution >= 0.6 is 27.5 Å². The topological polar surface area (TPSA) is 35.2 Å². The zero-order chi connectivity index (χ0) is 13.7. The summed E-state index contributed by atoms with van der Waals surface area (Å²) in [5.41, 5.74) is 7.70. The molecule has 0 bridgehead atoms. The Morgan fingerprint density at radius 1 is 1.16 bits per heavy atom. The number of nitrogens with two attached hydrogens (primary N) is 1. The first kappa shape index (κ1) is 14.4. The monoisotopic (exact) mass is 339 g/mol. The SMILES string of the molecule is NCCc1cccc(OCc2ccc(Br)cc2Cl)c1. The molecule has 0 heterocycles. The van der Waals surface area contributed by atoms with Crippen LogP contribution in [0.15, 0.2) is 46.9 Å². The lowest BCUT2D eigenvalue weighted by Crippen LogP contribution is -2.03. The van der Waals surface area contributed by atoms with Crippen LogP contribution < -0.4 is 10.5 Å². The second-order valence-electron chi connectivity index (χ2n) is 4.21. The normalized spacial score (nSPS) is 10.5. The number of hydrogen-bond acceptors (Lipinski definition) is 2. The summed E-state index contributed by atoms with van der Waals surface area (Å²) < 4.78 is 6.72. The van der Waals surface area contributed by atoms with Crippen molar-refractivity contribution in [3.8, 4) is 5.75 Å². The maximum absolute atomic E-state index is 6.15. The molecular formula is C15H15BrClNO. The molecule has 0 unspecified atom stereocenters. The fourth-order valence-corrected chi connectivity index (χ4v) is 2.49. The molecule has 2 N–H and O–H groups in total. The van der Waals surface area contributed by atoms with E-state index in [0.29, 0.717) is 18.2 Å². The summed E-state index contributed by atoms with van der Waals surface area (Å²) in [7, 11) is 0. The molecule has 0 aliphatic rings. The molecule has 2 rings (SSSR count). The van der Waals surface area contributed by atoms with E-state index in [1.165, 1.54) is 5.56 Å². The predicted octanol–water partition coefficient (Wildman–Crippen LogP) is 4.18. The lowest BCUT2D eigenvalue weighted by molar-refractivity contribution is 0.306. The Morgan fingerprint density at radius 2 is 2.00 bits per heavy atom. The van der Waals surface area contributed by atoms with Gasteiger partial charge in [-0.2, -0.15) is 0 Å². The minimum Gasteiger partial charge on any atom is -0.489 e. The van der Waals surface area contributed by atoms with E-state index < -0.39 is 0 Å². The van der Waals surface area contributed by atoms with Gasteiger partial charge in [0, 0.05) is 15.1 Å². The molecule has 0 aromatic heterocycles. The van der Waals surface area contributed by atoms with Crippen LogP contribution in [-0.4, -0.2) is 6.54 Å². The average Bonchev–Trinajstić information content (AvgIpc) is 2.38. The molecule has 0 aliphatic heterocycles. The zero-order valence-electron chi connectivity index (χ0n) is 10.4. The van der Waals surface area contributed by atoms with Gasteiger partial charge in [0.15, 0.2) is 0 Å². The average molecular weight is 341 g/mol. The third kappa shape index (κ3) is 4.23. The van der Waals surface area contributed by atoms with E-state index in [9.17, 15) is 0 Å². The van der Waals surface area contributed by atoms with Gasteiger partial charge in [0.2, 0.25) is 0 Å². The Hall–Kier alpha value is -1.03. The second-order valence-corrected chi connectivity index (χ2v) is 5.53. The number of hydrogen-bond donors (Lipinski definition) is 1. The van der Waals surface area contributed by atoms with E-state index in [-0.39, 0.29) is 0 Å². The van der Waals surface area contributed by atoms with E-state index in [1.807, 2.05) is 42.5 Å². The molecule has 0 fully saturated rings. The number of benzene rings is 2. The summed E-state index contributed by atoms with van der Waals surface area (Å²) in [6.07, 6.45) is 0.857. The summed E-state index contributed by atoms with van der Waals surface area (Å²) in [6.45, 7) is 1.10. The summed E-state index contributed by atoms with van der Waals surface area (Å²) in [6, 6.07) is 13.7. The lowest BCUT2D eigenvalue weighted by atomic mass is 10.1. The lowest BCUT2D eigenvalue weighted by Gasteiger charge is -2.09. The summed E-state index contributed by atoms with van der Waals surface area (Å²) in [4.78, 5) is 0. The third-order valence-electron chi connectivity index (χ3n) is 2.74. The van der Waals surface area contributed by atoms with E-state index in [0.717, 1.165) is 22.2 Å². The van der Waals surface area contributed by atoms with Crippen LogP contribution in [0.1, 0.15) is 11.1 Å². The van der Waals surface area contributed by atoms with Crippen molar-refractivity contribution in [1.29, 1.82) is 0 Å². The van der Waals surface area contributed by atoms with Crippen molar-refractivity contribution in [1.82, 2.24) is 0 Å². The molecule has 2 aromatic rings. The molecule has 4 heteroatoms. The van der Waals surface area contributed by atoms with Gasteiger partial charge in [0.05, 0.1) is 0 Å². The van der Waals surface area contributed by atoms with Gasteiger partial charge >= 0.3 is 0 Å². The fraction of sp³-hybridized carbons (Fsp3) is 0.200. The standard InChI is InChI=1S/C15H15BrClNO/c16-13-5-4-12(15(17)9-13)10-19-14-3-1-2-11(8-14)6-7-18/h1-5,8-9H,6-7,10,18H2. The summed E-state index contributed by atoms with van der Waals surface area (Å²) in [5, 5.41) is 0.701. The molecule has 0 saturated heterocycles. The molecule has 19 heavy (non-hydrogen) atoms. The van der Waals surface area contributed by atoms with Crippen molar-refractivity contribution >= 4 is 27.5 Å². The summed E-state index contributed by atoms with van der Waals surface area (Å²) in [5.74, 6) is 0.838. The quantitative estimate of drug-likeness (QED) is 0.886. The molecular weight excluding hydrogens is 326 g/mol. The van der Waals surface area contributed by atoms with Crippen LogP contribution in [-0.2, 0) is 13.0 Å². The minimum atomic E-state index is 0.457. The number of halogens is 2. The largest absolute Gasteiger partial charge is 0.489 e. The molecule has 0 radical (unpaired) electrons. The highest BCUT2D eigenvalue weighted by Gasteiger charge is 2.03. The Balaban J connectivity index is 2.03. The molecule has 0 spiro atoms. The van der Waals surface area contributed by atoms with Crippen molar-refractivity contribution in [2.75, 3.05) is 6.54 Å². The molecule has 0 amide bonds. The number of rotatable bonds is 5.